The van der Waals surface area contributed by atoms with E-state index in [1.807, 2.05) is 12.1 Å². The maximum Gasteiger partial charge on any atom is 0.573 e. The summed E-state index contributed by atoms with van der Waals surface area (Å²) in [5.74, 6) is 1.36. The molecule has 2 aliphatic heterocycles. The monoisotopic (exact) mass is 820 g/mol. The molecule has 0 spiro atoms. The molecule has 6 heterocycles. The Morgan fingerprint density at radius 1 is 0.684 bits per heavy atom. The summed E-state index contributed by atoms with van der Waals surface area (Å²) < 4.78 is 95.7. The second kappa shape index (κ2) is 18.8. The Morgan fingerprint density at radius 2 is 1.18 bits per heavy atom. The highest BCUT2D eigenvalue weighted by Gasteiger charge is 2.32. The molecule has 3 N–H and O–H groups in total. The van der Waals surface area contributed by atoms with Gasteiger partial charge in [-0.25, -0.2) is 19.0 Å². The van der Waals surface area contributed by atoms with E-state index in [2.05, 4.69) is 35.0 Å². The van der Waals surface area contributed by atoms with Crippen molar-refractivity contribution in [3.05, 3.63) is 90.3 Å². The SMILES string of the molecule is FC(F)(F)Oc1cccc(-c2cnc3ccc(Cl)nn23)c1.FC(F)(F)Oc1cccc(-c2cnc3ccc(NCC4CCOCC4)nn23)c1.NCC1CCOCC1. The average molecular weight is 821 g/mol. The van der Waals surface area contributed by atoms with E-state index < -0.39 is 12.7 Å². The fourth-order valence-electron chi connectivity index (χ4n) is 6.10. The summed E-state index contributed by atoms with van der Waals surface area (Å²) in [7, 11) is 0. The molecule has 0 amide bonds. The standard InChI is InChI=1S/C19H19F3N4O2.C13H7ClF3N3O.C6H13NO/c20-19(21,22)28-15-3-1-2-14(10-15)16-12-24-18-5-4-17(25-26(16)18)23-11-13-6-8-27-9-7-13;14-11-4-5-12-18-7-10(20(12)19-11)8-2-1-3-9(6-8)21-13(15,16)17;7-5-6-1-3-8-4-2-6/h1-5,10,12-13H,6-9,11H2,(H,23,25);1-7H;6H,1-5,7H2. The van der Waals surface area contributed by atoms with Gasteiger partial charge in [0.25, 0.3) is 0 Å². The highest BCUT2D eigenvalue weighted by molar-refractivity contribution is 6.29. The Morgan fingerprint density at radius 3 is 1.67 bits per heavy atom. The fourth-order valence-corrected chi connectivity index (χ4v) is 6.24. The van der Waals surface area contributed by atoms with Crippen LogP contribution >= 0.6 is 11.6 Å². The highest BCUT2D eigenvalue weighted by atomic mass is 35.5. The first-order valence-corrected chi connectivity index (χ1v) is 18.4. The number of nitrogens with two attached hydrogens (primary N) is 1. The Balaban J connectivity index is 0.000000166. The number of benzene rings is 2. The van der Waals surface area contributed by atoms with Crippen LogP contribution in [-0.2, 0) is 9.47 Å². The first-order valence-electron chi connectivity index (χ1n) is 18.0. The van der Waals surface area contributed by atoms with Crippen LogP contribution in [0.5, 0.6) is 11.5 Å². The Labute approximate surface area is 327 Å². The van der Waals surface area contributed by atoms with Gasteiger partial charge in [0.1, 0.15) is 22.5 Å². The number of alkyl halides is 6. The number of halogens is 7. The maximum absolute atomic E-state index is 12.5. The van der Waals surface area contributed by atoms with Crippen LogP contribution in [0.4, 0.5) is 32.2 Å². The molecule has 12 nitrogen and oxygen atoms in total. The number of rotatable bonds is 8. The Hall–Kier alpha value is -5.17. The van der Waals surface area contributed by atoms with Gasteiger partial charge in [-0.15, -0.1) is 31.4 Å². The largest absolute Gasteiger partial charge is 0.573 e. The van der Waals surface area contributed by atoms with Crippen molar-refractivity contribution >= 4 is 28.7 Å². The molecule has 2 fully saturated rings. The number of nitrogens with zero attached hydrogens (tertiary/aromatic N) is 6. The lowest BCUT2D eigenvalue weighted by molar-refractivity contribution is -0.275. The molecule has 4 aromatic heterocycles. The molecule has 0 atom stereocenters. The molecule has 6 aromatic rings. The summed E-state index contributed by atoms with van der Waals surface area (Å²) >= 11 is 5.82. The number of anilines is 1. The molecule has 19 heteroatoms. The third-order valence-electron chi connectivity index (χ3n) is 9.01. The van der Waals surface area contributed by atoms with Gasteiger partial charge in [-0.05, 0) is 92.6 Å². The minimum atomic E-state index is -4.74. The molecule has 0 radical (unpaired) electrons. The van der Waals surface area contributed by atoms with Gasteiger partial charge < -0.3 is 30.0 Å². The van der Waals surface area contributed by atoms with Gasteiger partial charge in [0.15, 0.2) is 11.3 Å². The molecule has 0 bridgehead atoms. The number of imidazole rings is 2. The number of fused-ring (bicyclic) bond motifs is 2. The van der Waals surface area contributed by atoms with E-state index in [4.69, 9.17) is 26.8 Å². The van der Waals surface area contributed by atoms with Crippen molar-refractivity contribution < 1.29 is 45.3 Å². The van der Waals surface area contributed by atoms with E-state index >= 15 is 0 Å². The number of hydrogen-bond acceptors (Lipinski definition) is 10. The van der Waals surface area contributed by atoms with Crippen LogP contribution in [0, 0.1) is 11.8 Å². The van der Waals surface area contributed by atoms with Gasteiger partial charge >= 0.3 is 12.7 Å². The third kappa shape index (κ3) is 12.2. The van der Waals surface area contributed by atoms with Crippen molar-refractivity contribution in [2.75, 3.05) is 44.8 Å². The summed E-state index contributed by atoms with van der Waals surface area (Å²) in [4.78, 5) is 8.40. The van der Waals surface area contributed by atoms with Crippen molar-refractivity contribution in [3.63, 3.8) is 0 Å². The molecule has 0 aliphatic carbocycles. The zero-order chi connectivity index (χ0) is 40.4. The summed E-state index contributed by atoms with van der Waals surface area (Å²) in [6.07, 6.45) is -2.04. The van der Waals surface area contributed by atoms with E-state index in [0.717, 1.165) is 71.1 Å². The Kier molecular flexibility index (Phi) is 13.7. The van der Waals surface area contributed by atoms with Crippen LogP contribution in [0.15, 0.2) is 85.2 Å². The normalized spacial score (nSPS) is 15.4. The van der Waals surface area contributed by atoms with E-state index in [-0.39, 0.29) is 16.7 Å². The van der Waals surface area contributed by atoms with Gasteiger partial charge in [-0.2, -0.15) is 5.10 Å². The first kappa shape index (κ1) is 41.5. The summed E-state index contributed by atoms with van der Waals surface area (Å²) in [5, 5.41) is 12.2. The maximum atomic E-state index is 12.5. The molecule has 0 saturated carbocycles. The molecule has 57 heavy (non-hydrogen) atoms. The van der Waals surface area contributed by atoms with Crippen LogP contribution in [-0.4, -0.2) is 81.4 Å². The zero-order valence-electron chi connectivity index (χ0n) is 30.3. The van der Waals surface area contributed by atoms with Crippen LogP contribution < -0.4 is 20.5 Å². The lowest BCUT2D eigenvalue weighted by atomic mass is 10.0. The summed E-state index contributed by atoms with van der Waals surface area (Å²) in [5.41, 5.74) is 8.70. The molecular formula is C38H39ClF6N8O4. The van der Waals surface area contributed by atoms with Gasteiger partial charge in [-0.3, -0.25) is 0 Å². The molecule has 0 unspecified atom stereocenters. The molecule has 2 saturated heterocycles. The number of nitrogens with one attached hydrogen (secondary N) is 1. The minimum Gasteiger partial charge on any atom is -0.406 e. The predicted molar refractivity (Wildman–Crippen MR) is 200 cm³/mol. The van der Waals surface area contributed by atoms with Crippen molar-refractivity contribution in [3.8, 4) is 34.0 Å². The second-order valence-electron chi connectivity index (χ2n) is 13.1. The van der Waals surface area contributed by atoms with Gasteiger partial charge in [0.05, 0.1) is 23.8 Å². The lowest BCUT2D eigenvalue weighted by Gasteiger charge is -2.22. The molecule has 304 valence electrons. The zero-order valence-corrected chi connectivity index (χ0v) is 31.1. The smallest absolute Gasteiger partial charge is 0.406 e. The highest BCUT2D eigenvalue weighted by Crippen LogP contribution is 2.30. The van der Waals surface area contributed by atoms with Crippen molar-refractivity contribution in [1.29, 1.82) is 0 Å². The molecule has 2 aromatic carbocycles. The molecular weight excluding hydrogens is 782 g/mol. The quantitative estimate of drug-likeness (QED) is 0.144. The number of ether oxygens (including phenoxy) is 4. The number of aromatic nitrogens is 6. The van der Waals surface area contributed by atoms with E-state index in [1.54, 1.807) is 35.0 Å². The predicted octanol–water partition coefficient (Wildman–Crippen LogP) is 8.45. The van der Waals surface area contributed by atoms with Gasteiger partial charge in [0, 0.05) is 44.1 Å². The average Bonchev–Trinajstić information content (AvgIpc) is 3.81. The minimum absolute atomic E-state index is 0.254. The fraction of sp³-hybridized carbons (Fsp3) is 0.368. The van der Waals surface area contributed by atoms with Crippen molar-refractivity contribution in [1.82, 2.24) is 29.2 Å². The topological polar surface area (TPSA) is 135 Å². The van der Waals surface area contributed by atoms with Gasteiger partial charge in [-0.1, -0.05) is 35.9 Å². The van der Waals surface area contributed by atoms with E-state index in [0.29, 0.717) is 45.5 Å². The van der Waals surface area contributed by atoms with E-state index in [1.165, 1.54) is 47.1 Å². The van der Waals surface area contributed by atoms with Crippen LogP contribution in [0.25, 0.3) is 33.8 Å². The third-order valence-corrected chi connectivity index (χ3v) is 9.21. The summed E-state index contributed by atoms with van der Waals surface area (Å²) in [6, 6.07) is 18.3. The van der Waals surface area contributed by atoms with Gasteiger partial charge in [0.2, 0.25) is 0 Å². The summed E-state index contributed by atoms with van der Waals surface area (Å²) in [6.45, 7) is 5.02. The molecule has 8 rings (SSSR count). The van der Waals surface area contributed by atoms with Crippen LogP contribution in [0.3, 0.4) is 0 Å². The van der Waals surface area contributed by atoms with Crippen LogP contribution in [0.2, 0.25) is 5.15 Å². The van der Waals surface area contributed by atoms with Crippen molar-refractivity contribution in [2.45, 2.75) is 38.4 Å². The van der Waals surface area contributed by atoms with E-state index in [9.17, 15) is 26.3 Å². The van der Waals surface area contributed by atoms with Crippen LogP contribution in [0.1, 0.15) is 25.7 Å². The number of hydrogen-bond donors (Lipinski definition) is 2. The second-order valence-corrected chi connectivity index (χ2v) is 13.5. The first-order chi connectivity index (χ1) is 27.3. The molecule has 2 aliphatic rings. The van der Waals surface area contributed by atoms with Crippen molar-refractivity contribution in [2.24, 2.45) is 17.6 Å². The lowest BCUT2D eigenvalue weighted by Crippen LogP contribution is -2.23. The Bertz CT molecular complexity index is 2200.